The van der Waals surface area contributed by atoms with Crippen molar-refractivity contribution in [1.82, 2.24) is 0 Å². The van der Waals surface area contributed by atoms with E-state index in [1.165, 1.54) is 89.9 Å². The van der Waals surface area contributed by atoms with Crippen molar-refractivity contribution in [2.45, 2.75) is 110 Å². The molecule has 1 amide bonds. The minimum absolute atomic E-state index is 0.361. The summed E-state index contributed by atoms with van der Waals surface area (Å²) in [4.78, 5) is 11.8. The first-order valence-electron chi connectivity index (χ1n) is 11.4. The van der Waals surface area contributed by atoms with Crippen LogP contribution in [0.2, 0.25) is 0 Å². The summed E-state index contributed by atoms with van der Waals surface area (Å²) >= 11 is 0. The highest BCUT2D eigenvalue weighted by atomic mass is 32.3. The Bertz CT molecular complexity index is 472. The molecular formula is C22H47NO5S. The van der Waals surface area contributed by atoms with Crippen molar-refractivity contribution < 1.29 is 26.4 Å². The van der Waals surface area contributed by atoms with Crippen molar-refractivity contribution in [2.75, 3.05) is 28.3 Å². The second kappa shape index (κ2) is 19.5. The molecule has 7 heteroatoms. The molecular weight excluding hydrogens is 390 g/mol. The molecule has 0 saturated heterocycles. The van der Waals surface area contributed by atoms with Gasteiger partial charge in [0.25, 0.3) is 0 Å². The third-order valence-corrected chi connectivity index (χ3v) is 5.35. The highest BCUT2D eigenvalue weighted by Crippen LogP contribution is 2.14. The molecule has 0 N–H and O–H groups in total. The molecule has 0 spiro atoms. The Kier molecular flexibility index (Phi) is 20.6. The lowest BCUT2D eigenvalue weighted by Crippen LogP contribution is -2.40. The van der Waals surface area contributed by atoms with Gasteiger partial charge < -0.3 is 4.55 Å². The Balaban J connectivity index is 0. The molecule has 0 aliphatic carbocycles. The molecule has 0 aromatic rings. The van der Waals surface area contributed by atoms with Crippen molar-refractivity contribution in [3.63, 3.8) is 0 Å². The highest BCUT2D eigenvalue weighted by molar-refractivity contribution is 7.80. The molecule has 0 atom stereocenters. The van der Waals surface area contributed by atoms with E-state index in [2.05, 4.69) is 11.1 Å². The Morgan fingerprint density at radius 2 is 1.00 bits per heavy atom. The van der Waals surface area contributed by atoms with Crippen LogP contribution in [0.15, 0.2) is 0 Å². The number of amides is 1. The summed E-state index contributed by atoms with van der Waals surface area (Å²) in [6.07, 6.45) is 21.4. The first-order chi connectivity index (χ1) is 13.5. The summed E-state index contributed by atoms with van der Waals surface area (Å²) < 4.78 is 31.5. The van der Waals surface area contributed by atoms with Crippen molar-refractivity contribution in [3.05, 3.63) is 0 Å². The Hall–Kier alpha value is -0.500. The van der Waals surface area contributed by atoms with Crippen LogP contribution >= 0.6 is 0 Å². The maximum atomic E-state index is 11.8. The summed E-state index contributed by atoms with van der Waals surface area (Å²) in [5, 5.41) is 0. The average Bonchev–Trinajstić information content (AvgIpc) is 2.63. The number of carbonyl (C=O) groups excluding carboxylic acids is 1. The first-order valence-corrected chi connectivity index (χ1v) is 12.7. The monoisotopic (exact) mass is 437 g/mol. The zero-order valence-corrected chi connectivity index (χ0v) is 20.5. The summed E-state index contributed by atoms with van der Waals surface area (Å²) in [5.41, 5.74) is 0. The van der Waals surface area contributed by atoms with Gasteiger partial charge in [0.1, 0.15) is 0 Å². The van der Waals surface area contributed by atoms with Gasteiger partial charge in [-0.1, -0.05) is 96.8 Å². The van der Waals surface area contributed by atoms with E-state index in [0.29, 0.717) is 10.4 Å². The fraction of sp³-hybridized carbons (Fsp3) is 0.955. The number of hydrogen-bond acceptors (Lipinski definition) is 5. The predicted molar refractivity (Wildman–Crippen MR) is 119 cm³/mol. The molecule has 0 aliphatic heterocycles. The molecule has 176 valence electrons. The number of carbonyl (C=O) groups is 1. The number of quaternary nitrogens is 1. The van der Waals surface area contributed by atoms with Crippen LogP contribution in [0.4, 0.5) is 0 Å². The third-order valence-electron chi connectivity index (χ3n) is 4.95. The molecule has 0 radical (unpaired) electrons. The van der Waals surface area contributed by atoms with Gasteiger partial charge in [0.05, 0.1) is 34.7 Å². The largest absolute Gasteiger partial charge is 0.726 e. The van der Waals surface area contributed by atoms with Crippen molar-refractivity contribution in [2.24, 2.45) is 0 Å². The lowest BCUT2D eigenvalue weighted by Gasteiger charge is -2.20. The van der Waals surface area contributed by atoms with Crippen LogP contribution < -0.4 is 0 Å². The summed E-state index contributed by atoms with van der Waals surface area (Å²) in [6.45, 7) is 2.28. The van der Waals surface area contributed by atoms with Crippen molar-refractivity contribution >= 4 is 16.3 Å². The lowest BCUT2D eigenvalue weighted by atomic mass is 10.0. The molecule has 0 aliphatic rings. The lowest BCUT2D eigenvalue weighted by molar-refractivity contribution is -0.792. The van der Waals surface area contributed by atoms with E-state index in [0.717, 1.165) is 20.0 Å². The van der Waals surface area contributed by atoms with E-state index in [4.69, 9.17) is 0 Å². The molecule has 0 saturated carbocycles. The minimum atomic E-state index is -4.41. The molecule has 0 heterocycles. The number of hydrogen-bond donors (Lipinski definition) is 0. The fourth-order valence-corrected chi connectivity index (χ4v) is 2.98. The van der Waals surface area contributed by atoms with E-state index in [-0.39, 0.29) is 0 Å². The predicted octanol–water partition coefficient (Wildman–Crippen LogP) is 5.57. The zero-order chi connectivity index (χ0) is 22.6. The molecule has 0 bridgehead atoms. The summed E-state index contributed by atoms with van der Waals surface area (Å²) in [7, 11) is 2.29. The van der Waals surface area contributed by atoms with Crippen LogP contribution in [0.5, 0.6) is 0 Å². The minimum Gasteiger partial charge on any atom is -0.726 e. The SMILES string of the molecule is CCCCCCCCCCCCCCCCCC(=O)[N+](C)(C)C.COS(=O)(=O)[O-]. The molecule has 0 aromatic heterocycles. The quantitative estimate of drug-likeness (QED) is 0.128. The van der Waals surface area contributed by atoms with E-state index in [1.807, 2.05) is 21.1 Å². The number of unbranched alkanes of at least 4 members (excludes halogenated alkanes) is 14. The van der Waals surface area contributed by atoms with Crippen LogP contribution in [-0.2, 0) is 19.4 Å². The van der Waals surface area contributed by atoms with Gasteiger partial charge in [-0.3, -0.25) is 8.67 Å². The topological polar surface area (TPSA) is 83.5 Å². The summed E-state index contributed by atoms with van der Waals surface area (Å²) in [5.74, 6) is 0.361. The van der Waals surface area contributed by atoms with Crippen LogP contribution in [0.3, 0.4) is 0 Å². The maximum absolute atomic E-state index is 11.8. The second-order valence-electron chi connectivity index (χ2n) is 8.68. The average molecular weight is 438 g/mol. The number of rotatable bonds is 17. The smallest absolute Gasteiger partial charge is 0.313 e. The van der Waals surface area contributed by atoms with Gasteiger partial charge in [-0.15, -0.1) is 0 Å². The van der Waals surface area contributed by atoms with E-state index in [1.54, 1.807) is 0 Å². The zero-order valence-electron chi connectivity index (χ0n) is 19.7. The first kappa shape index (κ1) is 30.7. The van der Waals surface area contributed by atoms with Gasteiger partial charge in [0, 0.05) is 0 Å². The van der Waals surface area contributed by atoms with Gasteiger partial charge in [-0.2, -0.15) is 0 Å². The third kappa shape index (κ3) is 27.5. The van der Waals surface area contributed by atoms with Crippen molar-refractivity contribution in [1.29, 1.82) is 0 Å². The molecule has 0 aromatic carbocycles. The Morgan fingerprint density at radius 1 is 0.724 bits per heavy atom. The molecule has 6 nitrogen and oxygen atoms in total. The molecule has 0 unspecified atom stereocenters. The second-order valence-corrected chi connectivity index (χ2v) is 9.83. The standard InChI is InChI=1S/C21H44NO.CH4O4S/c1-5-6-7-8-9-10-11-12-13-14-15-16-17-18-19-20-21(23)22(2,3)4;1-5-6(2,3)4/h5-20H2,1-4H3;1H3,(H,2,3,4)/q+1;/p-1. The van der Waals surface area contributed by atoms with E-state index >= 15 is 0 Å². The Labute approximate surface area is 180 Å². The maximum Gasteiger partial charge on any atom is 0.313 e. The Morgan fingerprint density at radius 3 is 1.24 bits per heavy atom. The molecule has 0 fully saturated rings. The van der Waals surface area contributed by atoms with Crippen molar-refractivity contribution in [3.8, 4) is 0 Å². The van der Waals surface area contributed by atoms with Gasteiger partial charge in [0.15, 0.2) is 0 Å². The van der Waals surface area contributed by atoms with Gasteiger partial charge >= 0.3 is 5.91 Å². The fourth-order valence-electron chi connectivity index (χ4n) is 2.98. The van der Waals surface area contributed by atoms with Crippen LogP contribution in [0, 0.1) is 0 Å². The van der Waals surface area contributed by atoms with Crippen LogP contribution in [0.1, 0.15) is 110 Å². The van der Waals surface area contributed by atoms with E-state index in [9.17, 15) is 17.8 Å². The summed E-state index contributed by atoms with van der Waals surface area (Å²) in [6, 6.07) is 0. The van der Waals surface area contributed by atoms with Gasteiger partial charge in [0.2, 0.25) is 10.4 Å². The molecule has 0 rings (SSSR count). The van der Waals surface area contributed by atoms with Crippen LogP contribution in [-0.4, -0.2) is 51.6 Å². The number of nitrogens with zero attached hydrogens (tertiary/aromatic N) is 1. The normalized spacial score (nSPS) is 11.8. The molecule has 29 heavy (non-hydrogen) atoms. The van der Waals surface area contributed by atoms with Gasteiger partial charge in [-0.25, -0.2) is 13.2 Å². The highest BCUT2D eigenvalue weighted by Gasteiger charge is 2.18. The van der Waals surface area contributed by atoms with Crippen LogP contribution in [0.25, 0.3) is 0 Å². The van der Waals surface area contributed by atoms with E-state index < -0.39 is 10.4 Å². The van der Waals surface area contributed by atoms with Gasteiger partial charge in [-0.05, 0) is 6.42 Å².